The van der Waals surface area contributed by atoms with E-state index in [2.05, 4.69) is 25.9 Å². The highest BCUT2D eigenvalue weighted by atomic mass is 35.5. The number of phenolic OH excluding ortho intramolecular Hbond substituents is 1. The number of halogens is 3. The van der Waals surface area contributed by atoms with E-state index in [0.29, 0.717) is 81.7 Å². The van der Waals surface area contributed by atoms with Crippen LogP contribution in [-0.2, 0) is 18.9 Å². The maximum Gasteiger partial charge on any atom is 0.415 e. The topological polar surface area (TPSA) is 332 Å². The lowest BCUT2D eigenvalue weighted by molar-refractivity contribution is 0.0272. The number of aryl methyl sites for hydroxylation is 2. The number of hydrogen-bond donors (Lipinski definition) is 6. The number of aliphatic hydroxyl groups is 2. The molecule has 6 N–H and O–H groups in total. The number of carbonyl (C=O) groups is 7. The van der Waals surface area contributed by atoms with Crippen LogP contribution < -0.4 is 40.0 Å². The van der Waals surface area contributed by atoms with Gasteiger partial charge in [-0.15, -0.1) is 35.6 Å². The molecule has 10 aromatic rings. The molecule has 7 amide bonds. The van der Waals surface area contributed by atoms with E-state index in [1.54, 1.807) is 139 Å². The highest BCUT2D eigenvalue weighted by Crippen LogP contribution is 2.49. The molecule has 32 heteroatoms. The predicted octanol–water partition coefficient (Wildman–Crippen LogP) is 11.9. The number of imidazole rings is 2. The Hall–Kier alpha value is -10.9. The van der Waals surface area contributed by atoms with Gasteiger partial charge < -0.3 is 97.7 Å². The number of phenols is 1. The monoisotopic (exact) mass is 1610 g/mol. The van der Waals surface area contributed by atoms with E-state index in [9.17, 15) is 43.8 Å². The zero-order valence-electron chi connectivity index (χ0n) is 63.8. The lowest BCUT2D eigenvalue weighted by Gasteiger charge is -2.28. The van der Waals surface area contributed by atoms with Crippen molar-refractivity contribution < 1.29 is 82.0 Å². The number of hydrogen-bond acceptors (Lipinski definition) is 20. The second-order valence-corrected chi connectivity index (χ2v) is 28.3. The standard InChI is InChI=1S/C44H51ClN6O10.C37H39ClN6O7.ClH/c1-28-8-7-9-33-36(60-43(56)49(18-20-58-21-19-52)17-16-48(5)42(55)61-44(2,3)4)22-35-39(38(28)33)30(23-45)24-51(35)41(54)34-26-50-25-31(12-15-37(50)47-34)46-40(53)29-10-13-32(14-11-29)59-27-57-6;1-23-4-3-5-28-31(51-37(49)42(13-12-39-2)14-16-50-17-15-45)18-30-34(33(23)28)25(19-38)20-44(30)36(48)29-22-43-21-26(8-11-32(43)41-29)40-35(47)24-6-9-27(46)10-7-24;/h7-15,22,25-26,30,52H,16-21,23-24,27H2,1-6H3,(H,46,53);3-11,18,21-22,25,39,45-46H,12-17,19-20H2,1-2H3,(H,40,47);1H/t30-;25-;/m11./s1. The molecule has 598 valence electrons. The van der Waals surface area contributed by atoms with Gasteiger partial charge in [0.05, 0.1) is 62.4 Å². The Morgan fingerprint density at radius 3 is 1.48 bits per heavy atom. The summed E-state index contributed by atoms with van der Waals surface area (Å²) in [6, 6.07) is 34.2. The Kier molecular flexibility index (Phi) is 28.9. The van der Waals surface area contributed by atoms with Crippen molar-refractivity contribution in [1.29, 1.82) is 0 Å². The van der Waals surface area contributed by atoms with Gasteiger partial charge in [-0.2, -0.15) is 0 Å². The molecule has 0 radical (unpaired) electrons. The van der Waals surface area contributed by atoms with Crippen molar-refractivity contribution in [3.05, 3.63) is 191 Å². The van der Waals surface area contributed by atoms with Gasteiger partial charge >= 0.3 is 18.3 Å². The number of ether oxygens (including phenoxy) is 7. The quantitative estimate of drug-likeness (QED) is 0.0144. The summed E-state index contributed by atoms with van der Waals surface area (Å²) < 4.78 is 42.2. The number of aromatic hydroxyl groups is 1. The molecule has 0 saturated carbocycles. The van der Waals surface area contributed by atoms with E-state index in [1.165, 1.54) is 46.1 Å². The van der Waals surface area contributed by atoms with Crippen LogP contribution in [0.25, 0.3) is 32.8 Å². The third-order valence-electron chi connectivity index (χ3n) is 18.7. The number of methoxy groups -OCH3 is 1. The summed E-state index contributed by atoms with van der Waals surface area (Å²) in [5, 5.41) is 39.7. The van der Waals surface area contributed by atoms with Gasteiger partial charge in [0.15, 0.2) is 6.79 Å². The number of alkyl halides is 2. The fraction of sp³-hybridized carbons (Fsp3) is 0.346. The summed E-state index contributed by atoms with van der Waals surface area (Å²) in [6.45, 7) is 11.7. The molecule has 0 aliphatic carbocycles. The smallest absolute Gasteiger partial charge is 0.415 e. The third-order valence-corrected chi connectivity index (χ3v) is 19.4. The Bertz CT molecular complexity index is 5080. The van der Waals surface area contributed by atoms with Gasteiger partial charge in [-0.1, -0.05) is 36.4 Å². The largest absolute Gasteiger partial charge is 0.508 e. The van der Waals surface area contributed by atoms with Crippen molar-refractivity contribution in [2.24, 2.45) is 0 Å². The molecule has 0 spiro atoms. The number of nitrogens with one attached hydrogen (secondary N) is 3. The fourth-order valence-corrected chi connectivity index (χ4v) is 13.7. The summed E-state index contributed by atoms with van der Waals surface area (Å²) in [6.07, 6.45) is 4.73. The van der Waals surface area contributed by atoms with Crippen LogP contribution in [0.4, 0.5) is 37.1 Å². The Morgan fingerprint density at radius 1 is 0.584 bits per heavy atom. The molecule has 12 rings (SSSR count). The van der Waals surface area contributed by atoms with Crippen molar-refractivity contribution in [3.63, 3.8) is 0 Å². The molecule has 0 fully saturated rings. The van der Waals surface area contributed by atoms with E-state index >= 15 is 0 Å². The number of likely N-dealkylation sites (N-methyl/N-ethyl adjacent to an activating group) is 2. The average molecular weight is 1610 g/mol. The van der Waals surface area contributed by atoms with Gasteiger partial charge in [-0.3, -0.25) is 19.2 Å². The average Bonchev–Trinajstić information content (AvgIpc) is 1.65. The van der Waals surface area contributed by atoms with Crippen LogP contribution in [0.15, 0.2) is 146 Å². The minimum Gasteiger partial charge on any atom is -0.508 e. The molecule has 2 aliphatic heterocycles. The number of rotatable bonds is 29. The summed E-state index contributed by atoms with van der Waals surface area (Å²) in [5.41, 5.74) is 7.13. The summed E-state index contributed by atoms with van der Waals surface area (Å²) in [4.78, 5) is 112. The second-order valence-electron chi connectivity index (χ2n) is 27.7. The number of benzene rings is 6. The second kappa shape index (κ2) is 38.6. The number of amides is 7. The van der Waals surface area contributed by atoms with Crippen LogP contribution in [0.2, 0.25) is 0 Å². The Labute approximate surface area is 668 Å². The van der Waals surface area contributed by atoms with Gasteiger partial charge in [0.25, 0.3) is 23.6 Å². The van der Waals surface area contributed by atoms with Crippen LogP contribution in [0.1, 0.15) is 96.6 Å². The van der Waals surface area contributed by atoms with Gasteiger partial charge in [0.1, 0.15) is 51.3 Å². The van der Waals surface area contributed by atoms with Crippen molar-refractivity contribution in [2.45, 2.75) is 52.1 Å². The molecule has 0 saturated heterocycles. The van der Waals surface area contributed by atoms with E-state index in [4.69, 9.17) is 61.5 Å². The molecule has 29 nitrogen and oxygen atoms in total. The van der Waals surface area contributed by atoms with Crippen LogP contribution in [-0.4, -0.2) is 228 Å². The molecule has 2 atom stereocenters. The lowest BCUT2D eigenvalue weighted by Crippen LogP contribution is -2.43. The molecule has 4 aromatic heterocycles. The van der Waals surface area contributed by atoms with Crippen molar-refractivity contribution in [2.75, 3.05) is 152 Å². The molecule has 0 unspecified atom stereocenters. The van der Waals surface area contributed by atoms with Crippen molar-refractivity contribution in [1.82, 2.24) is 38.8 Å². The van der Waals surface area contributed by atoms with Gasteiger partial charge in [0, 0.05) is 149 Å². The third kappa shape index (κ3) is 20.3. The minimum absolute atomic E-state index is 0. The maximum atomic E-state index is 14.4. The first kappa shape index (κ1) is 84.6. The molecule has 6 heterocycles. The number of anilines is 4. The highest BCUT2D eigenvalue weighted by Gasteiger charge is 2.39. The first-order chi connectivity index (χ1) is 53.9. The molecular formula is C81H91Cl3N12O17. The zero-order chi connectivity index (χ0) is 79.9. The zero-order valence-corrected chi connectivity index (χ0v) is 66.1. The van der Waals surface area contributed by atoms with Crippen LogP contribution in [0.5, 0.6) is 23.0 Å². The predicted molar refractivity (Wildman–Crippen MR) is 432 cm³/mol. The van der Waals surface area contributed by atoms with Gasteiger partial charge in [-0.25, -0.2) is 24.4 Å². The van der Waals surface area contributed by atoms with E-state index in [-0.39, 0.29) is 156 Å². The number of aliphatic hydroxyl groups excluding tert-OH is 2. The fourth-order valence-electron chi connectivity index (χ4n) is 13.2. The lowest BCUT2D eigenvalue weighted by atomic mass is 9.92. The van der Waals surface area contributed by atoms with Gasteiger partial charge in [-0.05, 0) is 147 Å². The minimum atomic E-state index is -0.700. The summed E-state index contributed by atoms with van der Waals surface area (Å²) in [5.74, 6) is -0.216. The van der Waals surface area contributed by atoms with E-state index in [0.717, 1.165) is 38.4 Å². The number of nitrogens with zero attached hydrogens (tertiary/aromatic N) is 9. The summed E-state index contributed by atoms with van der Waals surface area (Å²) in [7, 11) is 4.90. The van der Waals surface area contributed by atoms with Crippen molar-refractivity contribution >= 4 is 133 Å². The first-order valence-corrected chi connectivity index (χ1v) is 37.4. The molecular weight excluding hydrogens is 1520 g/mol. The van der Waals surface area contributed by atoms with Crippen LogP contribution in [0.3, 0.4) is 0 Å². The van der Waals surface area contributed by atoms with Gasteiger partial charge in [0.2, 0.25) is 0 Å². The Balaban J connectivity index is 0.000000241. The molecule has 0 bridgehead atoms. The Morgan fingerprint density at radius 2 is 1.04 bits per heavy atom. The SMILES string of the molecule is CNCCN(CCOCCO)C(=O)Oc1cc2c(c3c(C)cccc13)[C@H](CCl)CN2C(=O)c1cn2cc(NC(=O)c3ccc(O)cc3)ccc2n1.COCOc1ccc(C(=O)Nc2ccc3nc(C(=O)N4C[C@@H](CCl)c5c4cc(OC(=O)N(CCOCCO)CCN(C)C(=O)OC(C)(C)C)c4cccc(C)c54)cn3c2)cc1.Cl. The highest BCUT2D eigenvalue weighted by molar-refractivity contribution is 6.20. The molecule has 2 aliphatic rings. The maximum absolute atomic E-state index is 14.4. The van der Waals surface area contributed by atoms with Crippen molar-refractivity contribution in [3.8, 4) is 23.0 Å². The first-order valence-electron chi connectivity index (χ1n) is 36.3. The molecule has 113 heavy (non-hydrogen) atoms. The van der Waals surface area contributed by atoms with E-state index in [1.807, 2.05) is 50.2 Å². The number of carbonyl (C=O) groups excluding carboxylic acids is 7. The van der Waals surface area contributed by atoms with E-state index < -0.39 is 29.8 Å². The van der Waals surface area contributed by atoms with Crippen LogP contribution >= 0.6 is 35.6 Å². The number of fused-ring (bicyclic) bond motifs is 8. The normalized spacial score (nSPS) is 13.6. The number of aromatic nitrogens is 4. The number of pyridine rings is 2. The van der Waals surface area contributed by atoms with Crippen LogP contribution in [0, 0.1) is 13.8 Å². The molecule has 6 aromatic carbocycles. The summed E-state index contributed by atoms with van der Waals surface area (Å²) >= 11 is 13.1.